The summed E-state index contributed by atoms with van der Waals surface area (Å²) >= 11 is 0. The van der Waals surface area contributed by atoms with Gasteiger partial charge >= 0.3 is 0 Å². The number of nitrogens with zero attached hydrogens (tertiary/aromatic N) is 1. The van der Waals surface area contributed by atoms with Crippen LogP contribution in [0.5, 0.6) is 0 Å². The van der Waals surface area contributed by atoms with Crippen molar-refractivity contribution < 1.29 is 9.53 Å². The lowest BCUT2D eigenvalue weighted by atomic mass is 9.99. The Hall–Kier alpha value is -0.320. The molecule has 0 aromatic carbocycles. The zero-order chi connectivity index (χ0) is 11.8. The van der Waals surface area contributed by atoms with Crippen molar-refractivity contribution in [3.8, 4) is 0 Å². The molecule has 0 aromatic heterocycles. The molecular formula is C12H25ClN2O2. The van der Waals surface area contributed by atoms with E-state index in [1.807, 2.05) is 11.8 Å². The summed E-state index contributed by atoms with van der Waals surface area (Å²) in [6, 6.07) is 0.368. The summed E-state index contributed by atoms with van der Waals surface area (Å²) < 4.78 is 5.22. The minimum absolute atomic E-state index is 0. The Morgan fingerprint density at radius 3 is 2.88 bits per heavy atom. The summed E-state index contributed by atoms with van der Waals surface area (Å²) in [5, 5.41) is 0. The van der Waals surface area contributed by atoms with E-state index in [-0.39, 0.29) is 18.3 Å². The van der Waals surface area contributed by atoms with Gasteiger partial charge in [-0.25, -0.2) is 0 Å². The van der Waals surface area contributed by atoms with Gasteiger partial charge in [0, 0.05) is 19.2 Å². The topological polar surface area (TPSA) is 55.6 Å². The normalized spacial score (nSPS) is 19.9. The second-order valence-electron chi connectivity index (χ2n) is 4.26. The fourth-order valence-electron chi connectivity index (χ4n) is 2.27. The van der Waals surface area contributed by atoms with Crippen molar-refractivity contribution in [2.24, 2.45) is 5.73 Å². The van der Waals surface area contributed by atoms with Gasteiger partial charge in [-0.2, -0.15) is 0 Å². The number of hydrogen-bond acceptors (Lipinski definition) is 3. The van der Waals surface area contributed by atoms with E-state index in [0.717, 1.165) is 25.8 Å². The van der Waals surface area contributed by atoms with E-state index in [1.54, 1.807) is 0 Å². The van der Waals surface area contributed by atoms with Gasteiger partial charge in [0.15, 0.2) is 0 Å². The van der Waals surface area contributed by atoms with Crippen LogP contribution in [0.1, 0.15) is 39.0 Å². The molecule has 17 heavy (non-hydrogen) atoms. The van der Waals surface area contributed by atoms with Gasteiger partial charge in [-0.05, 0) is 39.2 Å². The molecule has 0 radical (unpaired) electrons. The Kier molecular flexibility index (Phi) is 9.50. The molecular weight excluding hydrogens is 240 g/mol. The van der Waals surface area contributed by atoms with Crippen molar-refractivity contribution in [3.63, 3.8) is 0 Å². The molecule has 1 saturated heterocycles. The van der Waals surface area contributed by atoms with Crippen LogP contribution in [0.2, 0.25) is 0 Å². The number of ether oxygens (including phenoxy) is 1. The van der Waals surface area contributed by atoms with Crippen LogP contribution in [0.4, 0.5) is 0 Å². The van der Waals surface area contributed by atoms with Crippen LogP contribution in [0.25, 0.3) is 0 Å². The summed E-state index contributed by atoms with van der Waals surface area (Å²) in [6.45, 7) is 4.73. The van der Waals surface area contributed by atoms with E-state index in [9.17, 15) is 4.79 Å². The second kappa shape index (κ2) is 9.68. The van der Waals surface area contributed by atoms with Gasteiger partial charge in [0.25, 0.3) is 0 Å². The fraction of sp³-hybridized carbons (Fsp3) is 0.917. The van der Waals surface area contributed by atoms with Crippen molar-refractivity contribution in [2.75, 3.05) is 26.3 Å². The third-order valence-electron chi connectivity index (χ3n) is 3.11. The summed E-state index contributed by atoms with van der Waals surface area (Å²) in [4.78, 5) is 14.0. The van der Waals surface area contributed by atoms with Gasteiger partial charge in [0.1, 0.15) is 0 Å². The highest BCUT2D eigenvalue weighted by Gasteiger charge is 2.25. The van der Waals surface area contributed by atoms with Gasteiger partial charge in [0.2, 0.25) is 5.91 Å². The third kappa shape index (κ3) is 5.70. The number of halogens is 1. The van der Waals surface area contributed by atoms with E-state index < -0.39 is 0 Å². The maximum absolute atomic E-state index is 12.0. The van der Waals surface area contributed by atoms with Crippen molar-refractivity contribution in [2.45, 2.75) is 45.1 Å². The molecule has 1 atom stereocenters. The maximum atomic E-state index is 12.0. The molecule has 4 nitrogen and oxygen atoms in total. The minimum atomic E-state index is 0. The van der Waals surface area contributed by atoms with Crippen LogP contribution >= 0.6 is 12.4 Å². The van der Waals surface area contributed by atoms with Crippen molar-refractivity contribution in [1.29, 1.82) is 0 Å². The van der Waals surface area contributed by atoms with E-state index >= 15 is 0 Å². The molecule has 0 bridgehead atoms. The molecule has 0 aliphatic carbocycles. The number of amides is 1. The van der Waals surface area contributed by atoms with Crippen molar-refractivity contribution >= 4 is 18.3 Å². The van der Waals surface area contributed by atoms with E-state index in [0.29, 0.717) is 32.2 Å². The molecule has 1 aliphatic heterocycles. The average Bonchev–Trinajstić information content (AvgIpc) is 2.30. The van der Waals surface area contributed by atoms with Gasteiger partial charge < -0.3 is 15.4 Å². The molecule has 1 amide bonds. The molecule has 2 N–H and O–H groups in total. The Morgan fingerprint density at radius 2 is 2.24 bits per heavy atom. The number of piperidine rings is 1. The lowest BCUT2D eigenvalue weighted by Gasteiger charge is -2.35. The van der Waals surface area contributed by atoms with Gasteiger partial charge in [-0.3, -0.25) is 4.79 Å². The Balaban J connectivity index is 0.00000256. The van der Waals surface area contributed by atoms with E-state index in [1.165, 1.54) is 6.42 Å². The quantitative estimate of drug-likeness (QED) is 0.741. The molecule has 5 heteroatoms. The highest BCUT2D eigenvalue weighted by molar-refractivity contribution is 5.85. The van der Waals surface area contributed by atoms with Crippen LogP contribution in [-0.2, 0) is 9.53 Å². The number of nitrogens with two attached hydrogens (primary N) is 1. The number of carbonyl (C=O) groups excluding carboxylic acids is 1. The summed E-state index contributed by atoms with van der Waals surface area (Å²) in [5.74, 6) is 0.228. The third-order valence-corrected chi connectivity index (χ3v) is 3.11. The zero-order valence-electron chi connectivity index (χ0n) is 10.7. The van der Waals surface area contributed by atoms with Gasteiger partial charge in [-0.15, -0.1) is 12.4 Å². The number of hydrogen-bond donors (Lipinski definition) is 1. The zero-order valence-corrected chi connectivity index (χ0v) is 11.5. The summed E-state index contributed by atoms with van der Waals surface area (Å²) in [6.07, 6.45) is 4.90. The predicted molar refractivity (Wildman–Crippen MR) is 71.4 cm³/mol. The SMILES string of the molecule is CCOCCC(=O)N1CCCCC1CCN.Cl. The largest absolute Gasteiger partial charge is 0.381 e. The van der Waals surface area contributed by atoms with Crippen molar-refractivity contribution in [1.82, 2.24) is 4.90 Å². The van der Waals surface area contributed by atoms with E-state index in [4.69, 9.17) is 10.5 Å². The minimum Gasteiger partial charge on any atom is -0.381 e. The molecule has 1 rings (SSSR count). The lowest BCUT2D eigenvalue weighted by Crippen LogP contribution is -2.44. The van der Waals surface area contributed by atoms with Crippen LogP contribution in [0.15, 0.2) is 0 Å². The van der Waals surface area contributed by atoms with Gasteiger partial charge in [-0.1, -0.05) is 0 Å². The molecule has 0 aromatic rings. The molecule has 1 unspecified atom stereocenters. The number of rotatable bonds is 6. The highest BCUT2D eigenvalue weighted by atomic mass is 35.5. The van der Waals surface area contributed by atoms with Crippen LogP contribution in [0.3, 0.4) is 0 Å². The monoisotopic (exact) mass is 264 g/mol. The highest BCUT2D eigenvalue weighted by Crippen LogP contribution is 2.19. The average molecular weight is 265 g/mol. The first kappa shape index (κ1) is 16.7. The standard InChI is InChI=1S/C12H24N2O2.ClH/c1-2-16-10-7-12(15)14-9-4-3-5-11(14)6-8-13;/h11H,2-10,13H2,1H3;1H. The second-order valence-corrected chi connectivity index (χ2v) is 4.26. The summed E-state index contributed by atoms with van der Waals surface area (Å²) in [5.41, 5.74) is 5.58. The first-order valence-electron chi connectivity index (χ1n) is 6.36. The number of likely N-dealkylation sites (tertiary alicyclic amines) is 1. The molecule has 0 saturated carbocycles. The first-order valence-corrected chi connectivity index (χ1v) is 6.36. The first-order chi connectivity index (χ1) is 7.79. The fourth-order valence-corrected chi connectivity index (χ4v) is 2.27. The molecule has 0 spiro atoms. The van der Waals surface area contributed by atoms with Gasteiger partial charge in [0.05, 0.1) is 13.0 Å². The molecule has 1 fully saturated rings. The number of carbonyl (C=O) groups is 1. The van der Waals surface area contributed by atoms with Crippen LogP contribution in [-0.4, -0.2) is 43.2 Å². The van der Waals surface area contributed by atoms with Crippen molar-refractivity contribution in [3.05, 3.63) is 0 Å². The molecule has 1 heterocycles. The van der Waals surface area contributed by atoms with Crippen LogP contribution < -0.4 is 5.73 Å². The van der Waals surface area contributed by atoms with E-state index in [2.05, 4.69) is 0 Å². The summed E-state index contributed by atoms with van der Waals surface area (Å²) in [7, 11) is 0. The molecule has 1 aliphatic rings. The van der Waals surface area contributed by atoms with Crippen LogP contribution in [0, 0.1) is 0 Å². The predicted octanol–water partition coefficient (Wildman–Crippen LogP) is 1.56. The maximum Gasteiger partial charge on any atom is 0.225 e. The lowest BCUT2D eigenvalue weighted by molar-refractivity contribution is -0.136. The smallest absolute Gasteiger partial charge is 0.225 e. The Morgan fingerprint density at radius 1 is 1.47 bits per heavy atom. The molecule has 102 valence electrons. The Labute approximate surface area is 110 Å². The Bertz CT molecular complexity index is 213.